The third-order valence-electron chi connectivity index (χ3n) is 5.06. The molecule has 0 bridgehead atoms. The van der Waals surface area contributed by atoms with E-state index in [1.54, 1.807) is 0 Å². The second-order valence-electron chi connectivity index (χ2n) is 7.91. The number of carbonyl (C=O) groups is 2. The zero-order chi connectivity index (χ0) is 22.3. The average molecular weight is 418 g/mol. The minimum atomic E-state index is -1.44. The summed E-state index contributed by atoms with van der Waals surface area (Å²) in [5.41, 5.74) is -1.44. The number of nitro groups is 1. The Morgan fingerprint density at radius 1 is 0.862 bits per heavy atom. The Hall–Kier alpha value is -1.70. The summed E-state index contributed by atoms with van der Waals surface area (Å²) < 4.78 is 10.7. The first kappa shape index (κ1) is 27.3. The van der Waals surface area contributed by atoms with Gasteiger partial charge in [0.25, 0.3) is 0 Å². The molecule has 29 heavy (non-hydrogen) atoms. The van der Waals surface area contributed by atoms with Crippen LogP contribution in [0, 0.1) is 27.4 Å². The van der Waals surface area contributed by atoms with Crippen molar-refractivity contribution in [2.75, 3.05) is 26.4 Å². The van der Waals surface area contributed by atoms with Gasteiger partial charge in [0.15, 0.2) is 0 Å². The number of carbonyl (C=O) groups excluding carboxylic acids is 2. The topological polar surface area (TPSA) is 116 Å². The molecule has 8 nitrogen and oxygen atoms in total. The highest BCUT2D eigenvalue weighted by Crippen LogP contribution is 2.23. The smallest absolute Gasteiger partial charge is 0.308 e. The highest BCUT2D eigenvalue weighted by Gasteiger charge is 2.40. The summed E-state index contributed by atoms with van der Waals surface area (Å²) >= 11 is 0. The Balaban J connectivity index is 5.14. The molecule has 0 saturated carbocycles. The highest BCUT2D eigenvalue weighted by atomic mass is 16.6. The van der Waals surface area contributed by atoms with Crippen LogP contribution >= 0.6 is 0 Å². The zero-order valence-corrected chi connectivity index (χ0v) is 18.5. The molecule has 0 amide bonds. The van der Waals surface area contributed by atoms with Crippen molar-refractivity contribution < 1.29 is 29.1 Å². The van der Waals surface area contributed by atoms with E-state index < -0.39 is 35.4 Å². The van der Waals surface area contributed by atoms with Gasteiger partial charge in [-0.15, -0.1) is 0 Å². The number of aliphatic hydroxyl groups excluding tert-OH is 1. The molecule has 0 spiro atoms. The molecule has 1 N–H and O–H groups in total. The molecule has 0 rings (SSSR count). The van der Waals surface area contributed by atoms with E-state index in [2.05, 4.69) is 0 Å². The van der Waals surface area contributed by atoms with Crippen molar-refractivity contribution in [3.05, 3.63) is 10.1 Å². The second-order valence-corrected chi connectivity index (χ2v) is 7.91. The lowest BCUT2D eigenvalue weighted by Crippen LogP contribution is -2.44. The Morgan fingerprint density at radius 3 is 1.45 bits per heavy atom. The van der Waals surface area contributed by atoms with Crippen LogP contribution in [0.4, 0.5) is 0 Å². The van der Waals surface area contributed by atoms with Gasteiger partial charge in [-0.1, -0.05) is 53.4 Å². The van der Waals surface area contributed by atoms with Crippen molar-refractivity contribution in [3.8, 4) is 0 Å². The predicted octanol–water partition coefficient (Wildman–Crippen LogP) is 3.76. The van der Waals surface area contributed by atoms with Crippen LogP contribution < -0.4 is 0 Å². The SMILES string of the molecule is CCCC(CCC)C(=O)OCC(CO)(COC(=O)C(CCC)CCC)C[N+](=O)[O-]. The number of aliphatic hydroxyl groups is 1. The molecule has 0 saturated heterocycles. The zero-order valence-electron chi connectivity index (χ0n) is 18.5. The third kappa shape index (κ3) is 10.6. The van der Waals surface area contributed by atoms with Gasteiger partial charge in [-0.2, -0.15) is 0 Å². The summed E-state index contributed by atoms with van der Waals surface area (Å²) in [5.74, 6) is -1.37. The van der Waals surface area contributed by atoms with E-state index in [0.717, 1.165) is 25.7 Å². The molecule has 0 atom stereocenters. The number of rotatable bonds is 17. The van der Waals surface area contributed by atoms with Gasteiger partial charge in [-0.05, 0) is 25.7 Å². The van der Waals surface area contributed by atoms with E-state index in [1.807, 2.05) is 27.7 Å². The molecule has 0 radical (unpaired) electrons. The molecule has 0 aromatic rings. The standard InChI is InChI=1S/C21H39NO7/c1-5-9-17(10-6-2)19(24)28-15-21(14-23,13-22(26)27)16-29-20(25)18(11-7-3)12-8-4/h17-18,23H,5-16H2,1-4H3. The normalized spacial score (nSPS) is 11.7. The van der Waals surface area contributed by atoms with Gasteiger partial charge in [-0.3, -0.25) is 19.7 Å². The van der Waals surface area contributed by atoms with Gasteiger partial charge in [0, 0.05) is 4.92 Å². The second kappa shape index (κ2) is 15.2. The highest BCUT2D eigenvalue weighted by molar-refractivity contribution is 5.73. The molecular weight excluding hydrogens is 378 g/mol. The molecule has 0 aliphatic heterocycles. The summed E-state index contributed by atoms with van der Waals surface area (Å²) in [6, 6.07) is 0. The fraction of sp³-hybridized carbons (Fsp3) is 0.905. The van der Waals surface area contributed by atoms with Gasteiger partial charge >= 0.3 is 11.9 Å². The van der Waals surface area contributed by atoms with E-state index >= 15 is 0 Å². The summed E-state index contributed by atoms with van der Waals surface area (Å²) in [6.45, 7) is 5.92. The summed E-state index contributed by atoms with van der Waals surface area (Å²) in [4.78, 5) is 35.4. The Labute approximate surface area is 174 Å². The molecule has 0 aromatic heterocycles. The Bertz CT molecular complexity index is 451. The largest absolute Gasteiger partial charge is 0.464 e. The first-order valence-corrected chi connectivity index (χ1v) is 10.8. The lowest BCUT2D eigenvalue weighted by molar-refractivity contribution is -0.500. The van der Waals surface area contributed by atoms with Crippen LogP contribution in [0.3, 0.4) is 0 Å². The van der Waals surface area contributed by atoms with E-state index in [4.69, 9.17) is 9.47 Å². The minimum absolute atomic E-state index is 0.266. The molecule has 0 heterocycles. The molecule has 0 aliphatic rings. The lowest BCUT2D eigenvalue weighted by Gasteiger charge is -2.28. The van der Waals surface area contributed by atoms with Crippen molar-refractivity contribution in [2.45, 2.75) is 79.1 Å². The first-order valence-electron chi connectivity index (χ1n) is 10.8. The van der Waals surface area contributed by atoms with E-state index in [9.17, 15) is 24.8 Å². The number of hydrogen-bond donors (Lipinski definition) is 1. The van der Waals surface area contributed by atoms with Crippen molar-refractivity contribution in [1.29, 1.82) is 0 Å². The molecule has 0 aliphatic carbocycles. The van der Waals surface area contributed by atoms with Crippen LogP contribution in [-0.4, -0.2) is 48.3 Å². The van der Waals surface area contributed by atoms with Crippen LogP contribution in [0.2, 0.25) is 0 Å². The Morgan fingerprint density at radius 2 is 1.21 bits per heavy atom. The van der Waals surface area contributed by atoms with E-state index in [1.165, 1.54) is 0 Å². The maximum Gasteiger partial charge on any atom is 0.308 e. The maximum atomic E-state index is 12.4. The lowest BCUT2D eigenvalue weighted by atomic mass is 9.90. The maximum absolute atomic E-state index is 12.4. The number of hydrogen-bond acceptors (Lipinski definition) is 7. The minimum Gasteiger partial charge on any atom is -0.464 e. The number of ether oxygens (including phenoxy) is 2. The van der Waals surface area contributed by atoms with Crippen molar-refractivity contribution >= 4 is 11.9 Å². The van der Waals surface area contributed by atoms with Gasteiger partial charge in [0.2, 0.25) is 6.54 Å². The quantitative estimate of drug-likeness (QED) is 0.217. The van der Waals surface area contributed by atoms with Crippen LogP contribution in [0.1, 0.15) is 79.1 Å². The van der Waals surface area contributed by atoms with E-state index in [-0.39, 0.29) is 25.0 Å². The van der Waals surface area contributed by atoms with Crippen molar-refractivity contribution in [3.63, 3.8) is 0 Å². The fourth-order valence-corrected chi connectivity index (χ4v) is 3.39. The molecule has 170 valence electrons. The van der Waals surface area contributed by atoms with Crippen LogP contribution in [0.5, 0.6) is 0 Å². The molecule has 0 fully saturated rings. The molecule has 0 aromatic carbocycles. The van der Waals surface area contributed by atoms with Gasteiger partial charge in [0.1, 0.15) is 18.6 Å². The van der Waals surface area contributed by atoms with Crippen molar-refractivity contribution in [2.24, 2.45) is 17.3 Å². The van der Waals surface area contributed by atoms with E-state index in [0.29, 0.717) is 25.7 Å². The van der Waals surface area contributed by atoms with Crippen LogP contribution in [0.15, 0.2) is 0 Å². The Kier molecular flexibility index (Phi) is 14.3. The fourth-order valence-electron chi connectivity index (χ4n) is 3.39. The number of esters is 2. The van der Waals surface area contributed by atoms with Crippen molar-refractivity contribution in [1.82, 2.24) is 0 Å². The van der Waals surface area contributed by atoms with Gasteiger partial charge < -0.3 is 14.6 Å². The summed E-state index contributed by atoms with van der Waals surface area (Å²) in [6.07, 6.45) is 6.03. The summed E-state index contributed by atoms with van der Waals surface area (Å²) in [5, 5.41) is 21.0. The number of nitrogens with zero attached hydrogens (tertiary/aromatic N) is 1. The van der Waals surface area contributed by atoms with Crippen LogP contribution in [0.25, 0.3) is 0 Å². The average Bonchev–Trinajstić information content (AvgIpc) is 2.69. The summed E-state index contributed by atoms with van der Waals surface area (Å²) in [7, 11) is 0. The molecular formula is C21H39NO7. The first-order chi connectivity index (χ1) is 13.8. The third-order valence-corrected chi connectivity index (χ3v) is 5.06. The monoisotopic (exact) mass is 417 g/mol. The molecule has 8 heteroatoms. The predicted molar refractivity (Wildman–Crippen MR) is 110 cm³/mol. The van der Waals surface area contributed by atoms with Crippen LogP contribution in [-0.2, 0) is 19.1 Å². The molecule has 0 unspecified atom stereocenters. The van der Waals surface area contributed by atoms with Gasteiger partial charge in [0.05, 0.1) is 18.4 Å². The van der Waals surface area contributed by atoms with Gasteiger partial charge in [-0.25, -0.2) is 0 Å².